The van der Waals surface area contributed by atoms with Gasteiger partial charge in [0.05, 0.1) is 48.5 Å². The van der Waals surface area contributed by atoms with Crippen molar-refractivity contribution >= 4 is 27.3 Å². The second-order valence-electron chi connectivity index (χ2n) is 11.0. The monoisotopic (exact) mass is 581 g/mol. The first-order valence-corrected chi connectivity index (χ1v) is 14.7. The number of aryl methyl sites for hydroxylation is 1. The minimum atomic E-state index is -3.61. The van der Waals surface area contributed by atoms with Gasteiger partial charge >= 0.3 is 0 Å². The lowest BCUT2D eigenvalue weighted by Crippen LogP contribution is -2.18. The van der Waals surface area contributed by atoms with E-state index in [2.05, 4.69) is 25.3 Å². The second kappa shape index (κ2) is 11.0. The first-order valence-electron chi connectivity index (χ1n) is 12.8. The minimum absolute atomic E-state index is 0.192. The number of nitrogens with zero attached hydrogens (tertiary/aromatic N) is 5. The van der Waals surface area contributed by atoms with Gasteiger partial charge in [-0.05, 0) is 54.7 Å². The van der Waals surface area contributed by atoms with E-state index in [4.69, 9.17) is 4.74 Å². The van der Waals surface area contributed by atoms with Crippen molar-refractivity contribution in [1.82, 2.24) is 24.5 Å². The van der Waals surface area contributed by atoms with E-state index in [-0.39, 0.29) is 16.9 Å². The van der Waals surface area contributed by atoms with Crippen molar-refractivity contribution in [1.29, 1.82) is 0 Å². The van der Waals surface area contributed by atoms with Gasteiger partial charge in [0.25, 0.3) is 5.91 Å². The molecule has 2 heterocycles. The van der Waals surface area contributed by atoms with Crippen molar-refractivity contribution < 1.29 is 23.1 Å². The molecule has 4 aromatic rings. The summed E-state index contributed by atoms with van der Waals surface area (Å²) in [6, 6.07) is 8.68. The predicted octanol–water partition coefficient (Wildman–Crippen LogP) is 3.96. The fourth-order valence-corrected chi connectivity index (χ4v) is 4.94. The van der Waals surface area contributed by atoms with Crippen LogP contribution in [0.3, 0.4) is 0 Å². The summed E-state index contributed by atoms with van der Waals surface area (Å²) in [5.41, 5.74) is 4.10. The van der Waals surface area contributed by atoms with Gasteiger partial charge in [-0.2, -0.15) is 0 Å². The maximum Gasteiger partial charge on any atom is 0.255 e. The molecule has 0 saturated carbocycles. The summed E-state index contributed by atoms with van der Waals surface area (Å²) in [5, 5.41) is 21.3. The topological polar surface area (TPSA) is 153 Å². The number of sulfonamides is 1. The average Bonchev–Trinajstić information content (AvgIpc) is 3.49. The van der Waals surface area contributed by atoms with E-state index in [0.29, 0.717) is 34.2 Å². The van der Waals surface area contributed by atoms with Crippen LogP contribution in [0.1, 0.15) is 61.1 Å². The lowest BCUT2D eigenvalue weighted by Gasteiger charge is -2.24. The van der Waals surface area contributed by atoms with E-state index in [1.54, 1.807) is 65.9 Å². The number of nitrogens with one attached hydrogen (secondary N) is 2. The Morgan fingerprint density at radius 2 is 1.83 bits per heavy atom. The summed E-state index contributed by atoms with van der Waals surface area (Å²) < 4.78 is 35.4. The Morgan fingerprint density at radius 1 is 1.15 bits per heavy atom. The van der Waals surface area contributed by atoms with Gasteiger partial charge in [0.1, 0.15) is 17.6 Å². The van der Waals surface area contributed by atoms with Gasteiger partial charge in [0.15, 0.2) is 5.75 Å². The van der Waals surface area contributed by atoms with Crippen molar-refractivity contribution in [3.05, 3.63) is 65.2 Å². The van der Waals surface area contributed by atoms with Crippen LogP contribution in [-0.2, 0) is 22.5 Å². The summed E-state index contributed by atoms with van der Waals surface area (Å²) in [6.07, 6.45) is 3.67. The number of methoxy groups -OCH3 is 1. The molecule has 41 heavy (non-hydrogen) atoms. The first kappa shape index (κ1) is 29.7. The van der Waals surface area contributed by atoms with Crippen LogP contribution < -0.4 is 14.8 Å². The quantitative estimate of drug-likeness (QED) is 0.283. The number of rotatable bonds is 8. The van der Waals surface area contributed by atoms with Gasteiger partial charge in [0.2, 0.25) is 10.0 Å². The van der Waals surface area contributed by atoms with Crippen LogP contribution in [0, 0.1) is 6.92 Å². The molecule has 2 aromatic carbocycles. The molecule has 0 radical (unpaired) electrons. The van der Waals surface area contributed by atoms with Gasteiger partial charge in [-0.1, -0.05) is 32.1 Å². The molecule has 1 amide bonds. The largest absolute Gasteiger partial charge is 0.492 e. The summed E-state index contributed by atoms with van der Waals surface area (Å²) in [4.78, 5) is 17.8. The molecule has 1 atom stereocenters. The van der Waals surface area contributed by atoms with Crippen LogP contribution in [0.25, 0.3) is 17.1 Å². The lowest BCUT2D eigenvalue weighted by atomic mass is 9.86. The number of hydrogen-bond donors (Lipinski definition) is 3. The van der Waals surface area contributed by atoms with Gasteiger partial charge in [0, 0.05) is 12.6 Å². The minimum Gasteiger partial charge on any atom is -0.492 e. The molecule has 0 fully saturated rings. The van der Waals surface area contributed by atoms with E-state index in [0.717, 1.165) is 17.4 Å². The Kier molecular flexibility index (Phi) is 7.96. The van der Waals surface area contributed by atoms with E-state index in [9.17, 15) is 18.3 Å². The Morgan fingerprint density at radius 3 is 2.41 bits per heavy atom. The van der Waals surface area contributed by atoms with E-state index in [1.807, 2.05) is 27.7 Å². The number of anilines is 2. The summed E-state index contributed by atoms with van der Waals surface area (Å²) in [5.74, 6) is 0.275. The zero-order valence-electron chi connectivity index (χ0n) is 24.3. The lowest BCUT2D eigenvalue weighted by molar-refractivity contribution is 0.102. The van der Waals surface area contributed by atoms with Crippen LogP contribution >= 0.6 is 0 Å². The van der Waals surface area contributed by atoms with Crippen LogP contribution in [0.2, 0.25) is 0 Å². The van der Waals surface area contributed by atoms with Crippen LogP contribution in [0.15, 0.2) is 42.7 Å². The Bertz CT molecular complexity index is 1720. The van der Waals surface area contributed by atoms with Crippen molar-refractivity contribution in [3.8, 4) is 22.8 Å². The fourth-order valence-electron chi connectivity index (χ4n) is 4.39. The number of carbonyl (C=O) groups is 1. The van der Waals surface area contributed by atoms with Gasteiger partial charge in [-0.25, -0.2) is 18.1 Å². The van der Waals surface area contributed by atoms with E-state index < -0.39 is 22.0 Å². The molecule has 0 bridgehead atoms. The van der Waals surface area contributed by atoms with E-state index >= 15 is 0 Å². The number of hydrogen-bond acceptors (Lipinski definition) is 8. The molecule has 13 heteroatoms. The number of amides is 1. The predicted molar refractivity (Wildman–Crippen MR) is 157 cm³/mol. The normalized spacial score (nSPS) is 12.7. The van der Waals surface area contributed by atoms with Crippen molar-refractivity contribution in [2.75, 3.05) is 23.4 Å². The third-order valence-electron chi connectivity index (χ3n) is 6.57. The standard InChI is InChI=1S/C28H35N7O5S/c1-16-9-10-18(11-23(16)35-15-22(31-33-35)24-14-29-26(17(2)36)34(24)6)27(37)30-20-12-19(28(3,4)5)13-21(25(20)40-7)32-41(8,38)39/h9-15,17,32,36H,1-8H3,(H,30,37). The number of imidazole rings is 1. The van der Waals surface area contributed by atoms with Gasteiger partial charge in [-0.3, -0.25) is 9.52 Å². The number of aromatic nitrogens is 5. The highest BCUT2D eigenvalue weighted by Gasteiger charge is 2.23. The van der Waals surface area contributed by atoms with Crippen LogP contribution in [0.4, 0.5) is 11.4 Å². The number of benzene rings is 2. The molecule has 0 spiro atoms. The molecule has 0 saturated heterocycles. The number of carbonyl (C=O) groups excluding carboxylic acids is 1. The molecule has 1 unspecified atom stereocenters. The molecular formula is C28H35N7O5S. The molecule has 0 aliphatic carbocycles. The third kappa shape index (κ3) is 6.41. The molecule has 3 N–H and O–H groups in total. The average molecular weight is 582 g/mol. The molecule has 2 aromatic heterocycles. The maximum atomic E-state index is 13.5. The Labute approximate surface area is 239 Å². The van der Waals surface area contributed by atoms with Crippen molar-refractivity contribution in [2.24, 2.45) is 7.05 Å². The molecule has 218 valence electrons. The zero-order valence-corrected chi connectivity index (χ0v) is 25.2. The number of ether oxygens (including phenoxy) is 1. The van der Waals surface area contributed by atoms with Crippen LogP contribution in [0.5, 0.6) is 5.75 Å². The highest BCUT2D eigenvalue weighted by atomic mass is 32.2. The molecular weight excluding hydrogens is 546 g/mol. The maximum absolute atomic E-state index is 13.5. The van der Waals surface area contributed by atoms with Crippen molar-refractivity contribution in [2.45, 2.75) is 46.1 Å². The summed E-state index contributed by atoms with van der Waals surface area (Å²) in [6.45, 7) is 9.49. The Hall–Kier alpha value is -4.23. The third-order valence-corrected chi connectivity index (χ3v) is 7.17. The summed E-state index contributed by atoms with van der Waals surface area (Å²) >= 11 is 0. The fraction of sp³-hybridized carbons (Fsp3) is 0.357. The smallest absolute Gasteiger partial charge is 0.255 e. The number of aliphatic hydroxyl groups excluding tert-OH is 1. The van der Waals surface area contributed by atoms with E-state index in [1.165, 1.54) is 7.11 Å². The zero-order chi connectivity index (χ0) is 30.3. The molecule has 12 nitrogen and oxygen atoms in total. The first-order chi connectivity index (χ1) is 19.1. The van der Waals surface area contributed by atoms with Crippen LogP contribution in [-0.4, -0.2) is 57.3 Å². The van der Waals surface area contributed by atoms with Gasteiger partial charge in [-0.15, -0.1) is 5.10 Å². The SMILES string of the molecule is COc1c(NC(=O)c2ccc(C)c(-n3cc(-c4cnc(C(C)O)n4C)nn3)c2)cc(C(C)(C)C)cc1NS(C)(=O)=O. The highest BCUT2D eigenvalue weighted by Crippen LogP contribution is 2.39. The molecule has 0 aliphatic rings. The second-order valence-corrected chi connectivity index (χ2v) is 12.7. The Balaban J connectivity index is 1.70. The highest BCUT2D eigenvalue weighted by molar-refractivity contribution is 7.92. The number of aliphatic hydroxyl groups is 1. The molecule has 4 rings (SSSR count). The van der Waals surface area contributed by atoms with Gasteiger partial charge < -0.3 is 19.7 Å². The summed E-state index contributed by atoms with van der Waals surface area (Å²) in [7, 11) is -0.409. The molecule has 0 aliphatic heterocycles. The van der Waals surface area contributed by atoms with Crippen molar-refractivity contribution in [3.63, 3.8) is 0 Å².